The van der Waals surface area contributed by atoms with Crippen LogP contribution in [0.4, 0.5) is 5.69 Å². The van der Waals surface area contributed by atoms with Crippen LogP contribution in [0.3, 0.4) is 0 Å². The van der Waals surface area contributed by atoms with Crippen molar-refractivity contribution >= 4 is 35.0 Å². The summed E-state index contributed by atoms with van der Waals surface area (Å²) in [6, 6.07) is 37.7. The number of amides is 1. The van der Waals surface area contributed by atoms with Crippen molar-refractivity contribution in [3.8, 4) is 0 Å². The number of anilines is 1. The molecule has 4 rings (SSSR count). The van der Waals surface area contributed by atoms with Gasteiger partial charge in [0.1, 0.15) is 0 Å². The van der Waals surface area contributed by atoms with Gasteiger partial charge in [0.2, 0.25) is 0 Å². The second-order valence-corrected chi connectivity index (χ2v) is 7.82. The molecule has 1 N–H and O–H groups in total. The molecule has 0 aromatic heterocycles. The second-order valence-electron chi connectivity index (χ2n) is 6.70. The van der Waals surface area contributed by atoms with Crippen LogP contribution in [0.2, 0.25) is 0 Å². The van der Waals surface area contributed by atoms with Crippen LogP contribution in [0.1, 0.15) is 11.1 Å². The lowest BCUT2D eigenvalue weighted by atomic mass is 10.0. The van der Waals surface area contributed by atoms with Crippen molar-refractivity contribution in [2.24, 2.45) is 0 Å². The minimum atomic E-state index is -0.133. The predicted octanol–water partition coefficient (Wildman–Crippen LogP) is 7.02. The second kappa shape index (κ2) is 9.77. The van der Waals surface area contributed by atoms with Gasteiger partial charge < -0.3 is 5.32 Å². The van der Waals surface area contributed by atoms with Gasteiger partial charge in [-0.3, -0.25) is 4.79 Å². The molecule has 146 valence electrons. The highest BCUT2D eigenvalue weighted by molar-refractivity contribution is 7.99. The fourth-order valence-electron chi connectivity index (χ4n) is 3.08. The molecule has 4 aromatic carbocycles. The van der Waals surface area contributed by atoms with E-state index in [0.29, 0.717) is 5.57 Å². The monoisotopic (exact) mass is 407 g/mol. The molecule has 30 heavy (non-hydrogen) atoms. The van der Waals surface area contributed by atoms with Crippen molar-refractivity contribution in [2.75, 3.05) is 5.32 Å². The lowest BCUT2D eigenvalue weighted by Gasteiger charge is -2.13. The first kappa shape index (κ1) is 19.7. The lowest BCUT2D eigenvalue weighted by molar-refractivity contribution is -0.111. The van der Waals surface area contributed by atoms with Gasteiger partial charge in [-0.15, -0.1) is 0 Å². The summed E-state index contributed by atoms with van der Waals surface area (Å²) >= 11 is 1.63. The van der Waals surface area contributed by atoms with Crippen LogP contribution in [0, 0.1) is 0 Å². The van der Waals surface area contributed by atoms with Crippen LogP contribution in [0.25, 0.3) is 11.6 Å². The molecule has 0 aliphatic carbocycles. The van der Waals surface area contributed by atoms with Crippen LogP contribution in [-0.2, 0) is 4.79 Å². The predicted molar refractivity (Wildman–Crippen MR) is 126 cm³/mol. The van der Waals surface area contributed by atoms with E-state index in [9.17, 15) is 4.79 Å². The molecular formula is C27H21NOS. The third-order valence-electron chi connectivity index (χ3n) is 4.55. The third kappa shape index (κ3) is 5.07. The third-order valence-corrected chi connectivity index (χ3v) is 5.63. The molecule has 0 heterocycles. The molecule has 3 heteroatoms. The summed E-state index contributed by atoms with van der Waals surface area (Å²) in [5, 5.41) is 3.12. The summed E-state index contributed by atoms with van der Waals surface area (Å²) in [4.78, 5) is 15.5. The summed E-state index contributed by atoms with van der Waals surface area (Å²) in [5.41, 5.74) is 3.29. The van der Waals surface area contributed by atoms with E-state index >= 15 is 0 Å². The first-order valence-corrected chi connectivity index (χ1v) is 10.6. The van der Waals surface area contributed by atoms with E-state index in [2.05, 4.69) is 17.4 Å². The van der Waals surface area contributed by atoms with Crippen LogP contribution in [-0.4, -0.2) is 5.91 Å². The molecule has 2 nitrogen and oxygen atoms in total. The Morgan fingerprint density at radius 1 is 0.667 bits per heavy atom. The number of benzene rings is 4. The highest BCUT2D eigenvalue weighted by atomic mass is 32.2. The van der Waals surface area contributed by atoms with Crippen molar-refractivity contribution in [3.05, 3.63) is 126 Å². The van der Waals surface area contributed by atoms with Crippen molar-refractivity contribution in [1.29, 1.82) is 0 Å². The molecule has 0 saturated carbocycles. The minimum absolute atomic E-state index is 0.133. The quantitative estimate of drug-likeness (QED) is 0.275. The first-order valence-electron chi connectivity index (χ1n) is 9.75. The molecule has 1 amide bonds. The number of carbonyl (C=O) groups excluding carboxylic acids is 1. The van der Waals surface area contributed by atoms with Gasteiger partial charge in [0.25, 0.3) is 5.91 Å². The number of hydrogen-bond donors (Lipinski definition) is 1. The molecule has 0 aliphatic rings. The maximum absolute atomic E-state index is 13.3. The molecule has 0 spiro atoms. The van der Waals surface area contributed by atoms with Crippen LogP contribution < -0.4 is 5.32 Å². The molecule has 0 saturated heterocycles. The number of rotatable bonds is 6. The van der Waals surface area contributed by atoms with Gasteiger partial charge in [-0.1, -0.05) is 103 Å². The van der Waals surface area contributed by atoms with Crippen molar-refractivity contribution in [1.82, 2.24) is 0 Å². The van der Waals surface area contributed by atoms with Gasteiger partial charge >= 0.3 is 0 Å². The van der Waals surface area contributed by atoms with E-state index in [1.807, 2.05) is 109 Å². The molecule has 0 aliphatic heterocycles. The molecule has 0 bridgehead atoms. The zero-order chi connectivity index (χ0) is 20.6. The Bertz CT molecular complexity index is 1140. The maximum Gasteiger partial charge on any atom is 0.256 e. The average Bonchev–Trinajstić information content (AvgIpc) is 2.81. The Labute approximate surface area is 181 Å². The molecule has 0 fully saturated rings. The number of carbonyl (C=O) groups is 1. The highest BCUT2D eigenvalue weighted by Gasteiger charge is 2.14. The van der Waals surface area contributed by atoms with Crippen molar-refractivity contribution in [3.63, 3.8) is 0 Å². The summed E-state index contributed by atoms with van der Waals surface area (Å²) in [6.07, 6.45) is 1.93. The van der Waals surface area contributed by atoms with E-state index in [4.69, 9.17) is 0 Å². The Morgan fingerprint density at radius 3 is 1.93 bits per heavy atom. The molecule has 0 atom stereocenters. The maximum atomic E-state index is 13.3. The fraction of sp³-hybridized carbons (Fsp3) is 0. The number of hydrogen-bond acceptors (Lipinski definition) is 2. The van der Waals surface area contributed by atoms with Gasteiger partial charge in [0.15, 0.2) is 0 Å². The average molecular weight is 408 g/mol. The Balaban J connectivity index is 1.65. The van der Waals surface area contributed by atoms with E-state index in [1.54, 1.807) is 11.8 Å². The number of nitrogens with one attached hydrogen (secondary N) is 1. The number of para-hydroxylation sites is 1. The zero-order valence-electron chi connectivity index (χ0n) is 16.4. The van der Waals surface area contributed by atoms with Gasteiger partial charge in [-0.2, -0.15) is 0 Å². The molecular weight excluding hydrogens is 386 g/mol. The van der Waals surface area contributed by atoms with E-state index < -0.39 is 0 Å². The smallest absolute Gasteiger partial charge is 0.256 e. The normalized spacial score (nSPS) is 11.1. The van der Waals surface area contributed by atoms with Gasteiger partial charge in [0, 0.05) is 15.4 Å². The van der Waals surface area contributed by atoms with Crippen LogP contribution >= 0.6 is 11.8 Å². The van der Waals surface area contributed by atoms with E-state index in [-0.39, 0.29) is 5.91 Å². The van der Waals surface area contributed by atoms with E-state index in [1.165, 1.54) is 0 Å². The Kier molecular flexibility index (Phi) is 6.43. The van der Waals surface area contributed by atoms with Gasteiger partial charge in [0.05, 0.1) is 5.69 Å². The van der Waals surface area contributed by atoms with Crippen LogP contribution in [0.5, 0.6) is 0 Å². The fourth-order valence-corrected chi connectivity index (χ4v) is 4.00. The topological polar surface area (TPSA) is 29.1 Å². The SMILES string of the molecule is O=C(Nc1ccccc1Sc1ccccc1)/C(=C/c1ccccc1)c1ccccc1. The summed E-state index contributed by atoms with van der Waals surface area (Å²) in [5.74, 6) is -0.133. The molecule has 0 unspecified atom stereocenters. The van der Waals surface area contributed by atoms with Gasteiger partial charge in [-0.25, -0.2) is 0 Å². The van der Waals surface area contributed by atoms with Crippen molar-refractivity contribution < 1.29 is 4.79 Å². The lowest BCUT2D eigenvalue weighted by Crippen LogP contribution is -2.14. The van der Waals surface area contributed by atoms with Gasteiger partial charge in [-0.05, 0) is 41.5 Å². The minimum Gasteiger partial charge on any atom is -0.321 e. The van der Waals surface area contributed by atoms with E-state index in [0.717, 1.165) is 26.6 Å². The standard InChI is InChI=1S/C27H21NOS/c29-27(24(22-14-6-2-7-15-22)20-21-12-4-1-5-13-21)28-25-18-10-11-19-26(25)30-23-16-8-3-9-17-23/h1-20H,(H,28,29)/b24-20+. The summed E-state index contributed by atoms with van der Waals surface area (Å²) in [6.45, 7) is 0. The van der Waals surface area contributed by atoms with Crippen LogP contribution in [0.15, 0.2) is 125 Å². The largest absolute Gasteiger partial charge is 0.321 e. The van der Waals surface area contributed by atoms with Crippen molar-refractivity contribution in [2.45, 2.75) is 9.79 Å². The summed E-state index contributed by atoms with van der Waals surface area (Å²) < 4.78 is 0. The summed E-state index contributed by atoms with van der Waals surface area (Å²) in [7, 11) is 0. The molecule has 4 aromatic rings. The Morgan fingerprint density at radius 2 is 1.23 bits per heavy atom. The zero-order valence-corrected chi connectivity index (χ0v) is 17.2. The first-order chi connectivity index (χ1) is 14.8. The molecule has 0 radical (unpaired) electrons. The highest BCUT2D eigenvalue weighted by Crippen LogP contribution is 2.34. The Hall–Kier alpha value is -3.56.